The lowest BCUT2D eigenvalue weighted by Gasteiger charge is -2.14. The number of benzene rings is 1. The van der Waals surface area contributed by atoms with Crippen molar-refractivity contribution in [2.75, 3.05) is 26.9 Å². The molecule has 0 aliphatic heterocycles. The van der Waals surface area contributed by atoms with E-state index in [4.69, 9.17) is 14.2 Å². The highest BCUT2D eigenvalue weighted by Gasteiger charge is 2.27. The van der Waals surface area contributed by atoms with Crippen molar-refractivity contribution in [3.8, 4) is 5.75 Å². The van der Waals surface area contributed by atoms with Crippen LogP contribution in [0.2, 0.25) is 0 Å². The molecule has 1 aromatic carbocycles. The number of esters is 1. The predicted molar refractivity (Wildman–Crippen MR) is 89.8 cm³/mol. The van der Waals surface area contributed by atoms with Gasteiger partial charge in [0.2, 0.25) is 5.43 Å². The summed E-state index contributed by atoms with van der Waals surface area (Å²) in [6, 6.07) is 5.65. The van der Waals surface area contributed by atoms with Crippen molar-refractivity contribution in [3.05, 3.63) is 40.2 Å². The minimum Gasteiger partial charge on any atom is -0.494 e. The van der Waals surface area contributed by atoms with Gasteiger partial charge < -0.3 is 18.8 Å². The summed E-state index contributed by atoms with van der Waals surface area (Å²) in [5.41, 5.74) is 0.545. The summed E-state index contributed by atoms with van der Waals surface area (Å²) in [4.78, 5) is 24.9. The molecular formula is C18H21NO5. The van der Waals surface area contributed by atoms with Gasteiger partial charge in [-0.15, -0.1) is 0 Å². The summed E-state index contributed by atoms with van der Waals surface area (Å²) < 4.78 is 17.5. The van der Waals surface area contributed by atoms with Crippen LogP contribution in [0, 0.1) is 0 Å². The molecule has 128 valence electrons. The van der Waals surface area contributed by atoms with Crippen LogP contribution in [0.1, 0.15) is 36.2 Å². The lowest BCUT2D eigenvalue weighted by Crippen LogP contribution is -2.21. The topological polar surface area (TPSA) is 66.8 Å². The standard InChI is InChI=1S/C18H21NO5/c1-3-23-13-6-7-14-16(10-13)19(12-4-5-12)11-15(17(14)20)18(21)24-9-8-22-2/h6-7,10-12H,3-5,8-9H2,1-2H3. The number of aromatic nitrogens is 1. The van der Waals surface area contributed by atoms with Gasteiger partial charge in [-0.2, -0.15) is 0 Å². The molecule has 1 fully saturated rings. The lowest BCUT2D eigenvalue weighted by molar-refractivity contribution is 0.0386. The summed E-state index contributed by atoms with van der Waals surface area (Å²) >= 11 is 0. The Kier molecular flexibility index (Phi) is 4.85. The largest absolute Gasteiger partial charge is 0.494 e. The molecule has 0 saturated heterocycles. The van der Waals surface area contributed by atoms with Crippen molar-refractivity contribution in [2.45, 2.75) is 25.8 Å². The van der Waals surface area contributed by atoms with Gasteiger partial charge in [0.25, 0.3) is 0 Å². The maximum absolute atomic E-state index is 12.7. The molecule has 0 bridgehead atoms. The molecule has 6 heteroatoms. The monoisotopic (exact) mass is 331 g/mol. The molecule has 1 aromatic heterocycles. The number of ether oxygens (including phenoxy) is 3. The normalized spacial score (nSPS) is 13.9. The second kappa shape index (κ2) is 7.05. The van der Waals surface area contributed by atoms with Crippen LogP contribution in [0.4, 0.5) is 0 Å². The fraction of sp³-hybridized carbons (Fsp3) is 0.444. The minimum atomic E-state index is -0.609. The van der Waals surface area contributed by atoms with Crippen molar-refractivity contribution >= 4 is 16.9 Å². The molecule has 0 atom stereocenters. The lowest BCUT2D eigenvalue weighted by atomic mass is 10.1. The Bertz CT molecular complexity index is 807. The van der Waals surface area contributed by atoms with Crippen LogP contribution in [0.5, 0.6) is 5.75 Å². The molecule has 3 rings (SSSR count). The van der Waals surface area contributed by atoms with Crippen molar-refractivity contribution in [2.24, 2.45) is 0 Å². The van der Waals surface area contributed by atoms with E-state index in [-0.39, 0.29) is 17.6 Å². The zero-order chi connectivity index (χ0) is 17.1. The minimum absolute atomic E-state index is 0.0645. The SMILES string of the molecule is CCOc1ccc2c(=O)c(C(=O)OCCOC)cn(C3CC3)c2c1. The van der Waals surface area contributed by atoms with E-state index in [1.54, 1.807) is 18.3 Å². The second-order valence-electron chi connectivity index (χ2n) is 5.75. The summed E-state index contributed by atoms with van der Waals surface area (Å²) in [6.07, 6.45) is 3.69. The zero-order valence-corrected chi connectivity index (χ0v) is 13.9. The van der Waals surface area contributed by atoms with Crippen molar-refractivity contribution in [1.82, 2.24) is 4.57 Å². The third kappa shape index (κ3) is 3.28. The predicted octanol–water partition coefficient (Wildman–Crippen LogP) is 2.54. The van der Waals surface area contributed by atoms with E-state index in [9.17, 15) is 9.59 Å². The molecular weight excluding hydrogens is 310 g/mol. The molecule has 2 aromatic rings. The Balaban J connectivity index is 2.05. The van der Waals surface area contributed by atoms with Gasteiger partial charge in [-0.25, -0.2) is 4.79 Å². The third-order valence-electron chi connectivity index (χ3n) is 4.00. The van der Waals surface area contributed by atoms with Gasteiger partial charge in [0, 0.05) is 30.8 Å². The quantitative estimate of drug-likeness (QED) is 0.576. The molecule has 0 spiro atoms. The molecule has 0 amide bonds. The first-order valence-electron chi connectivity index (χ1n) is 8.13. The summed E-state index contributed by atoms with van der Waals surface area (Å²) in [5.74, 6) is 0.108. The van der Waals surface area contributed by atoms with E-state index in [0.29, 0.717) is 30.4 Å². The van der Waals surface area contributed by atoms with E-state index in [0.717, 1.165) is 18.4 Å². The number of fused-ring (bicyclic) bond motifs is 1. The van der Waals surface area contributed by atoms with Gasteiger partial charge in [-0.05, 0) is 31.9 Å². The zero-order valence-electron chi connectivity index (χ0n) is 13.9. The Morgan fingerprint density at radius 2 is 2.08 bits per heavy atom. The van der Waals surface area contributed by atoms with E-state index >= 15 is 0 Å². The van der Waals surface area contributed by atoms with Crippen LogP contribution in [-0.4, -0.2) is 37.5 Å². The van der Waals surface area contributed by atoms with E-state index in [2.05, 4.69) is 0 Å². The van der Waals surface area contributed by atoms with Crippen molar-refractivity contribution in [1.29, 1.82) is 0 Å². The van der Waals surface area contributed by atoms with Crippen LogP contribution < -0.4 is 10.2 Å². The fourth-order valence-electron chi connectivity index (χ4n) is 2.68. The molecule has 24 heavy (non-hydrogen) atoms. The van der Waals surface area contributed by atoms with E-state index in [1.807, 2.05) is 17.6 Å². The summed E-state index contributed by atoms with van der Waals surface area (Å²) in [6.45, 7) is 2.90. The number of hydrogen-bond acceptors (Lipinski definition) is 5. The first-order valence-corrected chi connectivity index (χ1v) is 8.13. The number of methoxy groups -OCH3 is 1. The molecule has 1 saturated carbocycles. The van der Waals surface area contributed by atoms with Crippen LogP contribution >= 0.6 is 0 Å². The van der Waals surface area contributed by atoms with Crippen LogP contribution in [0.3, 0.4) is 0 Å². The third-order valence-corrected chi connectivity index (χ3v) is 4.00. The number of hydrogen-bond donors (Lipinski definition) is 0. The maximum atomic E-state index is 12.7. The number of nitrogens with zero attached hydrogens (tertiary/aromatic N) is 1. The number of pyridine rings is 1. The highest BCUT2D eigenvalue weighted by atomic mass is 16.6. The van der Waals surface area contributed by atoms with Crippen molar-refractivity contribution < 1.29 is 19.0 Å². The van der Waals surface area contributed by atoms with E-state index in [1.165, 1.54) is 7.11 Å². The first-order chi connectivity index (χ1) is 11.7. The Morgan fingerprint density at radius 3 is 2.75 bits per heavy atom. The van der Waals surface area contributed by atoms with Gasteiger partial charge >= 0.3 is 5.97 Å². The molecule has 0 unspecified atom stereocenters. The maximum Gasteiger partial charge on any atom is 0.343 e. The molecule has 1 aliphatic rings. The molecule has 6 nitrogen and oxygen atoms in total. The average Bonchev–Trinajstić information content (AvgIpc) is 3.40. The smallest absolute Gasteiger partial charge is 0.343 e. The van der Waals surface area contributed by atoms with Gasteiger partial charge in [-0.1, -0.05) is 0 Å². The summed E-state index contributed by atoms with van der Waals surface area (Å²) in [7, 11) is 1.53. The Morgan fingerprint density at radius 1 is 1.29 bits per heavy atom. The number of carbonyl (C=O) groups is 1. The van der Waals surface area contributed by atoms with Gasteiger partial charge in [0.15, 0.2) is 0 Å². The van der Waals surface area contributed by atoms with Crippen LogP contribution in [-0.2, 0) is 9.47 Å². The molecule has 1 aliphatic carbocycles. The first kappa shape index (κ1) is 16.5. The molecule has 0 N–H and O–H groups in total. The Labute approximate surface area is 139 Å². The number of rotatable bonds is 7. The highest BCUT2D eigenvalue weighted by molar-refractivity contribution is 5.94. The van der Waals surface area contributed by atoms with Gasteiger partial charge in [0.05, 0.1) is 18.7 Å². The van der Waals surface area contributed by atoms with Gasteiger partial charge in [-0.3, -0.25) is 4.79 Å². The second-order valence-corrected chi connectivity index (χ2v) is 5.75. The van der Waals surface area contributed by atoms with E-state index < -0.39 is 5.97 Å². The fourth-order valence-corrected chi connectivity index (χ4v) is 2.68. The number of carbonyl (C=O) groups excluding carboxylic acids is 1. The molecule has 0 radical (unpaired) electrons. The van der Waals surface area contributed by atoms with Crippen LogP contribution in [0.25, 0.3) is 10.9 Å². The average molecular weight is 331 g/mol. The Hall–Kier alpha value is -2.34. The summed E-state index contributed by atoms with van der Waals surface area (Å²) in [5, 5.41) is 0.506. The van der Waals surface area contributed by atoms with Gasteiger partial charge in [0.1, 0.15) is 17.9 Å². The van der Waals surface area contributed by atoms with Crippen molar-refractivity contribution in [3.63, 3.8) is 0 Å². The molecule has 1 heterocycles. The van der Waals surface area contributed by atoms with Crippen LogP contribution in [0.15, 0.2) is 29.2 Å². The highest BCUT2D eigenvalue weighted by Crippen LogP contribution is 2.37.